The molecule has 12 heavy (non-hydrogen) atoms. The molecule has 0 aromatic carbocycles. The summed E-state index contributed by atoms with van der Waals surface area (Å²) in [7, 11) is 0. The van der Waals surface area contributed by atoms with Crippen molar-refractivity contribution in [2.24, 2.45) is 0 Å². The zero-order valence-electron chi connectivity index (χ0n) is 6.05. The van der Waals surface area contributed by atoms with Crippen LogP contribution in [0, 0.1) is 0 Å². The highest BCUT2D eigenvalue weighted by Gasteiger charge is 2.77. The van der Waals surface area contributed by atoms with Crippen molar-refractivity contribution in [2.45, 2.75) is 37.0 Å². The second kappa shape index (κ2) is 2.09. The van der Waals surface area contributed by atoms with Gasteiger partial charge in [0.2, 0.25) is 5.67 Å². The Morgan fingerprint density at radius 3 is 1.58 bits per heavy atom. The molecule has 0 N–H and O–H groups in total. The molecule has 0 aromatic rings. The van der Waals surface area contributed by atoms with Gasteiger partial charge in [-0.15, -0.1) is 0 Å². The summed E-state index contributed by atoms with van der Waals surface area (Å²) >= 11 is 0. The maximum atomic E-state index is 12.7. The van der Waals surface area contributed by atoms with E-state index in [1.807, 2.05) is 0 Å². The predicted octanol–water partition coefficient (Wildman–Crippen LogP) is 2.73. The van der Waals surface area contributed by atoms with Crippen LogP contribution in [0.3, 0.4) is 0 Å². The van der Waals surface area contributed by atoms with Crippen molar-refractivity contribution in [3.63, 3.8) is 0 Å². The van der Waals surface area contributed by atoms with Crippen LogP contribution in [0.4, 0.5) is 26.3 Å². The van der Waals surface area contributed by atoms with Gasteiger partial charge < -0.3 is 0 Å². The first-order valence-corrected chi connectivity index (χ1v) is 3.21. The van der Waals surface area contributed by atoms with Crippen molar-refractivity contribution in [3.05, 3.63) is 0 Å². The molecule has 0 aromatic heterocycles. The molecule has 2 atom stereocenters. The molecular formula is C6H6F6. The van der Waals surface area contributed by atoms with Gasteiger partial charge in [-0.1, -0.05) is 0 Å². The maximum Gasteiger partial charge on any atom is 0.346 e. The second-order valence-corrected chi connectivity index (χ2v) is 3.03. The lowest BCUT2D eigenvalue weighted by atomic mass is 10.0. The van der Waals surface area contributed by atoms with Crippen LogP contribution in [0.15, 0.2) is 0 Å². The smallest absolute Gasteiger partial charge is 0.243 e. The normalized spacial score (nSPS) is 44.8. The molecule has 1 aliphatic rings. The first-order chi connectivity index (χ1) is 5.13. The Labute approximate surface area is 64.6 Å². The molecule has 0 aliphatic heterocycles. The minimum atomic E-state index is -4.92. The minimum Gasteiger partial charge on any atom is -0.243 e. The molecular weight excluding hydrogens is 186 g/mol. The average Bonchev–Trinajstić information content (AvgIpc) is 1.92. The molecule has 0 saturated heterocycles. The summed E-state index contributed by atoms with van der Waals surface area (Å²) < 4.78 is 74.3. The van der Waals surface area contributed by atoms with Crippen LogP contribution in [-0.4, -0.2) is 23.7 Å². The van der Waals surface area contributed by atoms with Crippen LogP contribution >= 0.6 is 0 Å². The lowest BCUT2D eigenvalue weighted by molar-refractivity contribution is -0.233. The van der Waals surface area contributed by atoms with E-state index in [0.717, 1.165) is 0 Å². The van der Waals surface area contributed by atoms with E-state index in [2.05, 4.69) is 0 Å². The molecule has 0 heterocycles. The van der Waals surface area contributed by atoms with Crippen LogP contribution < -0.4 is 0 Å². The van der Waals surface area contributed by atoms with E-state index >= 15 is 0 Å². The SMILES string of the molecule is CC1(F)[C@H](F)CC(F)(F)C1(F)F. The molecule has 1 unspecified atom stereocenters. The fourth-order valence-electron chi connectivity index (χ4n) is 1.10. The average molecular weight is 192 g/mol. The van der Waals surface area contributed by atoms with E-state index in [0.29, 0.717) is 0 Å². The third-order valence-corrected chi connectivity index (χ3v) is 2.10. The van der Waals surface area contributed by atoms with Crippen LogP contribution in [0.25, 0.3) is 0 Å². The van der Waals surface area contributed by atoms with Crippen molar-refractivity contribution >= 4 is 0 Å². The Morgan fingerprint density at radius 2 is 1.50 bits per heavy atom. The molecule has 1 rings (SSSR count). The number of alkyl halides is 6. The van der Waals surface area contributed by atoms with E-state index in [1.54, 1.807) is 0 Å². The van der Waals surface area contributed by atoms with Crippen molar-refractivity contribution < 1.29 is 26.3 Å². The third-order valence-electron chi connectivity index (χ3n) is 2.10. The molecule has 6 heteroatoms. The van der Waals surface area contributed by atoms with Crippen LogP contribution in [-0.2, 0) is 0 Å². The number of halogens is 6. The Balaban J connectivity index is 3.10. The Kier molecular flexibility index (Phi) is 1.68. The number of hydrogen-bond acceptors (Lipinski definition) is 0. The van der Waals surface area contributed by atoms with E-state index in [-0.39, 0.29) is 6.92 Å². The zero-order chi connectivity index (χ0) is 9.78. The topological polar surface area (TPSA) is 0 Å². The first kappa shape index (κ1) is 9.67. The largest absolute Gasteiger partial charge is 0.346 e. The van der Waals surface area contributed by atoms with Crippen molar-refractivity contribution in [1.29, 1.82) is 0 Å². The number of hydrogen-bond donors (Lipinski definition) is 0. The fourth-order valence-corrected chi connectivity index (χ4v) is 1.10. The van der Waals surface area contributed by atoms with Gasteiger partial charge in [0.15, 0.2) is 0 Å². The molecule has 0 bridgehead atoms. The summed E-state index contributed by atoms with van der Waals surface area (Å²) in [5.74, 6) is -9.50. The van der Waals surface area contributed by atoms with Crippen LogP contribution in [0.2, 0.25) is 0 Å². The van der Waals surface area contributed by atoms with Crippen molar-refractivity contribution in [3.8, 4) is 0 Å². The summed E-state index contributed by atoms with van der Waals surface area (Å²) in [6.45, 7) is 0.151. The van der Waals surface area contributed by atoms with Crippen molar-refractivity contribution in [1.82, 2.24) is 0 Å². The monoisotopic (exact) mass is 192 g/mol. The summed E-state index contributed by atoms with van der Waals surface area (Å²) in [5, 5.41) is 0. The van der Waals surface area contributed by atoms with Gasteiger partial charge in [0.05, 0.1) is 6.42 Å². The summed E-state index contributed by atoms with van der Waals surface area (Å²) in [6, 6.07) is 0. The maximum absolute atomic E-state index is 12.7. The van der Waals surface area contributed by atoms with E-state index in [4.69, 9.17) is 0 Å². The molecule has 1 aliphatic carbocycles. The minimum absolute atomic E-state index is 0.151. The highest BCUT2D eigenvalue weighted by atomic mass is 19.3. The van der Waals surface area contributed by atoms with E-state index in [9.17, 15) is 26.3 Å². The van der Waals surface area contributed by atoms with E-state index in [1.165, 1.54) is 0 Å². The van der Waals surface area contributed by atoms with Crippen LogP contribution in [0.5, 0.6) is 0 Å². The number of rotatable bonds is 0. The van der Waals surface area contributed by atoms with Gasteiger partial charge >= 0.3 is 11.8 Å². The molecule has 0 spiro atoms. The Morgan fingerprint density at radius 1 is 1.08 bits per heavy atom. The van der Waals surface area contributed by atoms with Gasteiger partial charge in [-0.05, 0) is 6.92 Å². The first-order valence-electron chi connectivity index (χ1n) is 3.21. The van der Waals surface area contributed by atoms with Gasteiger partial charge in [0, 0.05) is 0 Å². The quantitative estimate of drug-likeness (QED) is 0.517. The summed E-state index contributed by atoms with van der Waals surface area (Å²) in [5.41, 5.74) is -3.77. The summed E-state index contributed by atoms with van der Waals surface area (Å²) in [6.07, 6.45) is -4.57. The standard InChI is InChI=1S/C6H6F6/c1-4(8)3(7)2-5(9,10)6(4,11)12/h3H,2H2,1H3/t3-,4?/m1/s1. The molecule has 0 amide bonds. The van der Waals surface area contributed by atoms with Crippen molar-refractivity contribution in [2.75, 3.05) is 0 Å². The van der Waals surface area contributed by atoms with Gasteiger partial charge in [0.25, 0.3) is 0 Å². The zero-order valence-corrected chi connectivity index (χ0v) is 6.05. The lowest BCUT2D eigenvalue weighted by Gasteiger charge is -2.26. The molecule has 1 fully saturated rings. The Bertz CT molecular complexity index is 196. The van der Waals surface area contributed by atoms with Crippen LogP contribution in [0.1, 0.15) is 13.3 Å². The third kappa shape index (κ3) is 0.863. The predicted molar refractivity (Wildman–Crippen MR) is 28.9 cm³/mol. The fraction of sp³-hybridized carbons (Fsp3) is 1.00. The second-order valence-electron chi connectivity index (χ2n) is 3.03. The molecule has 1 saturated carbocycles. The Hall–Kier alpha value is -0.420. The highest BCUT2D eigenvalue weighted by Crippen LogP contribution is 2.56. The van der Waals surface area contributed by atoms with Gasteiger partial charge in [0.1, 0.15) is 6.17 Å². The van der Waals surface area contributed by atoms with Gasteiger partial charge in [-0.25, -0.2) is 8.78 Å². The summed E-state index contributed by atoms with van der Waals surface area (Å²) in [4.78, 5) is 0. The van der Waals surface area contributed by atoms with Gasteiger partial charge in [-0.3, -0.25) is 0 Å². The molecule has 72 valence electrons. The molecule has 0 nitrogen and oxygen atoms in total. The van der Waals surface area contributed by atoms with E-state index < -0.39 is 30.1 Å². The molecule has 0 radical (unpaired) electrons. The van der Waals surface area contributed by atoms with Gasteiger partial charge in [-0.2, -0.15) is 17.6 Å². The highest BCUT2D eigenvalue weighted by molar-refractivity contribution is 5.12. The lowest BCUT2D eigenvalue weighted by Crippen LogP contribution is -2.49.